The highest BCUT2D eigenvalue weighted by Gasteiger charge is 2.45. The van der Waals surface area contributed by atoms with Gasteiger partial charge in [-0.2, -0.15) is 5.48 Å². The molecule has 1 fully saturated rings. The molecule has 1 saturated heterocycles. The Morgan fingerprint density at radius 2 is 1.80 bits per heavy atom. The van der Waals surface area contributed by atoms with Gasteiger partial charge in [-0.25, -0.2) is 0 Å². The summed E-state index contributed by atoms with van der Waals surface area (Å²) in [4.78, 5) is 6.86. The summed E-state index contributed by atoms with van der Waals surface area (Å²) >= 11 is 1.67. The lowest BCUT2D eigenvalue weighted by molar-refractivity contribution is -0.166. The van der Waals surface area contributed by atoms with Gasteiger partial charge in [0, 0.05) is 11.3 Å². The van der Waals surface area contributed by atoms with Crippen molar-refractivity contribution in [2.75, 3.05) is 0 Å². The lowest BCUT2D eigenvalue weighted by atomic mass is 9.87. The fraction of sp³-hybridized carbons (Fsp3) is 0.400. The summed E-state index contributed by atoms with van der Waals surface area (Å²) < 4.78 is 5.98. The number of nitrogens with one attached hydrogen (secondary N) is 1. The second kappa shape index (κ2) is 8.34. The highest BCUT2D eigenvalue weighted by molar-refractivity contribution is 7.99. The maximum atomic E-state index is 10.6. The molecule has 1 aliphatic heterocycles. The molecule has 2 aromatic carbocycles. The predicted octanol–water partition coefficient (Wildman–Crippen LogP) is 3.75. The molecule has 0 spiro atoms. The molecule has 1 aliphatic rings. The fourth-order valence-corrected chi connectivity index (χ4v) is 4.31. The highest BCUT2D eigenvalue weighted by atomic mass is 32.2. The Labute approximate surface area is 153 Å². The molecule has 1 heterocycles. The highest BCUT2D eigenvalue weighted by Crippen LogP contribution is 2.37. The van der Waals surface area contributed by atoms with Crippen molar-refractivity contribution in [3.63, 3.8) is 0 Å². The van der Waals surface area contributed by atoms with Crippen LogP contribution in [0.5, 0.6) is 0 Å². The van der Waals surface area contributed by atoms with E-state index >= 15 is 0 Å². The van der Waals surface area contributed by atoms with Crippen LogP contribution in [-0.2, 0) is 16.2 Å². The van der Waals surface area contributed by atoms with Crippen molar-refractivity contribution in [1.29, 1.82) is 0 Å². The monoisotopic (exact) mass is 359 g/mol. The lowest BCUT2D eigenvalue weighted by Crippen LogP contribution is -2.61. The number of aliphatic hydroxyl groups excluding tert-OH is 1. The van der Waals surface area contributed by atoms with Crippen LogP contribution in [0, 0.1) is 0 Å². The van der Waals surface area contributed by atoms with E-state index in [1.165, 1.54) is 0 Å². The van der Waals surface area contributed by atoms with Gasteiger partial charge < -0.3 is 9.84 Å². The summed E-state index contributed by atoms with van der Waals surface area (Å²) in [5.74, 6) is 0. The van der Waals surface area contributed by atoms with Crippen molar-refractivity contribution in [3.05, 3.63) is 66.2 Å². The number of hydroxylamine groups is 1. The van der Waals surface area contributed by atoms with Crippen LogP contribution in [0.2, 0.25) is 0 Å². The first-order valence-electron chi connectivity index (χ1n) is 8.55. The SMILES string of the molecule is C[C@@H]1O[C@H](Sc2ccccc2)C[C@@](C)(NOCc2ccccc2)[C@H]1O. The molecule has 2 N–H and O–H groups in total. The molecule has 3 rings (SSSR count). The molecule has 0 aromatic heterocycles. The standard InChI is InChI=1S/C20H25NO3S/c1-15-19(22)20(2,21-23-14-16-9-5-3-6-10-16)13-18(24-15)25-17-11-7-4-8-12-17/h3-12,15,18-19,21-22H,13-14H2,1-2H3/t15-,18+,19-,20+/m0/s1. The maximum absolute atomic E-state index is 10.6. The third-order valence-electron chi connectivity index (χ3n) is 4.45. The molecule has 4 nitrogen and oxygen atoms in total. The fourth-order valence-electron chi connectivity index (χ4n) is 3.03. The second-order valence-corrected chi connectivity index (χ2v) is 7.88. The van der Waals surface area contributed by atoms with Gasteiger partial charge in [0.25, 0.3) is 0 Å². The molecule has 134 valence electrons. The van der Waals surface area contributed by atoms with E-state index in [9.17, 15) is 5.11 Å². The van der Waals surface area contributed by atoms with Gasteiger partial charge >= 0.3 is 0 Å². The van der Waals surface area contributed by atoms with Gasteiger partial charge in [-0.05, 0) is 31.5 Å². The van der Waals surface area contributed by atoms with Gasteiger partial charge in [-0.1, -0.05) is 60.3 Å². The molecule has 5 heteroatoms. The number of aliphatic hydroxyl groups is 1. The number of hydrogen-bond acceptors (Lipinski definition) is 5. The second-order valence-electron chi connectivity index (χ2n) is 6.64. The number of rotatable bonds is 6. The predicted molar refractivity (Wildman–Crippen MR) is 100 cm³/mol. The molecule has 2 aromatic rings. The van der Waals surface area contributed by atoms with E-state index in [0.29, 0.717) is 13.0 Å². The molecular formula is C20H25NO3S. The first kappa shape index (κ1) is 18.4. The number of ether oxygens (including phenoxy) is 1. The zero-order valence-electron chi connectivity index (χ0n) is 14.6. The van der Waals surface area contributed by atoms with E-state index in [0.717, 1.165) is 10.5 Å². The van der Waals surface area contributed by atoms with Crippen LogP contribution in [0.1, 0.15) is 25.8 Å². The Kier molecular flexibility index (Phi) is 6.15. The number of thioether (sulfide) groups is 1. The molecule has 0 saturated carbocycles. The van der Waals surface area contributed by atoms with Gasteiger partial charge in [0.05, 0.1) is 18.2 Å². The zero-order chi connectivity index (χ0) is 17.7. The average molecular weight is 359 g/mol. The number of benzene rings is 2. The summed E-state index contributed by atoms with van der Waals surface area (Å²) in [6, 6.07) is 20.2. The third-order valence-corrected chi connectivity index (χ3v) is 5.54. The normalized spacial score (nSPS) is 29.5. The van der Waals surface area contributed by atoms with Crippen molar-refractivity contribution in [2.24, 2.45) is 0 Å². The van der Waals surface area contributed by atoms with Crippen molar-refractivity contribution in [1.82, 2.24) is 5.48 Å². The molecule has 0 amide bonds. The van der Waals surface area contributed by atoms with E-state index < -0.39 is 11.6 Å². The Morgan fingerprint density at radius 1 is 1.16 bits per heavy atom. The lowest BCUT2D eigenvalue weighted by Gasteiger charge is -2.45. The summed E-state index contributed by atoms with van der Waals surface area (Å²) in [7, 11) is 0. The minimum Gasteiger partial charge on any atom is -0.388 e. The Bertz CT molecular complexity index is 655. The molecular weight excluding hydrogens is 334 g/mol. The van der Waals surface area contributed by atoms with E-state index in [2.05, 4.69) is 17.6 Å². The van der Waals surface area contributed by atoms with Crippen molar-refractivity contribution in [3.8, 4) is 0 Å². The Balaban J connectivity index is 1.61. The largest absolute Gasteiger partial charge is 0.388 e. The zero-order valence-corrected chi connectivity index (χ0v) is 15.4. The summed E-state index contributed by atoms with van der Waals surface area (Å²) in [5, 5.41) is 10.6. The average Bonchev–Trinajstić information content (AvgIpc) is 2.61. The van der Waals surface area contributed by atoms with Crippen LogP contribution in [0.25, 0.3) is 0 Å². The first-order valence-corrected chi connectivity index (χ1v) is 9.43. The van der Waals surface area contributed by atoms with Crippen LogP contribution >= 0.6 is 11.8 Å². The summed E-state index contributed by atoms with van der Waals surface area (Å²) in [6.45, 7) is 4.34. The topological polar surface area (TPSA) is 50.7 Å². The van der Waals surface area contributed by atoms with E-state index in [1.54, 1.807) is 11.8 Å². The Morgan fingerprint density at radius 3 is 2.48 bits per heavy atom. The number of hydrogen-bond donors (Lipinski definition) is 2. The molecule has 25 heavy (non-hydrogen) atoms. The van der Waals surface area contributed by atoms with Gasteiger partial charge in [0.1, 0.15) is 11.5 Å². The Hall–Kier alpha value is -1.37. The minimum absolute atomic E-state index is 0.0429. The molecule has 0 bridgehead atoms. The van der Waals surface area contributed by atoms with E-state index in [4.69, 9.17) is 9.57 Å². The van der Waals surface area contributed by atoms with E-state index in [-0.39, 0.29) is 11.5 Å². The summed E-state index contributed by atoms with van der Waals surface area (Å²) in [5.41, 5.74) is 3.57. The van der Waals surface area contributed by atoms with Crippen molar-refractivity contribution < 1.29 is 14.7 Å². The van der Waals surface area contributed by atoms with Crippen LogP contribution in [0.4, 0.5) is 0 Å². The molecule has 0 radical (unpaired) electrons. The third kappa shape index (κ3) is 4.84. The van der Waals surface area contributed by atoms with Crippen LogP contribution in [0.15, 0.2) is 65.6 Å². The van der Waals surface area contributed by atoms with Crippen molar-refractivity contribution in [2.45, 2.75) is 55.0 Å². The van der Waals surface area contributed by atoms with Gasteiger partial charge in [0.2, 0.25) is 0 Å². The minimum atomic E-state index is -0.643. The van der Waals surface area contributed by atoms with Gasteiger partial charge in [-0.15, -0.1) is 0 Å². The van der Waals surface area contributed by atoms with Crippen LogP contribution in [0.3, 0.4) is 0 Å². The van der Waals surface area contributed by atoms with Crippen LogP contribution < -0.4 is 5.48 Å². The van der Waals surface area contributed by atoms with Gasteiger partial charge in [-0.3, -0.25) is 4.84 Å². The van der Waals surface area contributed by atoms with Gasteiger partial charge in [0.15, 0.2) is 0 Å². The van der Waals surface area contributed by atoms with Crippen molar-refractivity contribution >= 4 is 11.8 Å². The molecule has 0 aliphatic carbocycles. The molecule has 4 atom stereocenters. The summed E-state index contributed by atoms with van der Waals surface area (Å²) in [6.07, 6.45) is -0.268. The quantitative estimate of drug-likeness (QED) is 0.769. The van der Waals surface area contributed by atoms with Crippen LogP contribution in [-0.4, -0.2) is 28.3 Å². The maximum Gasteiger partial charge on any atom is 0.110 e. The first-order chi connectivity index (χ1) is 12.1. The van der Waals surface area contributed by atoms with E-state index in [1.807, 2.05) is 62.4 Å². The smallest absolute Gasteiger partial charge is 0.110 e. The molecule has 0 unspecified atom stereocenters.